The van der Waals surface area contributed by atoms with Gasteiger partial charge in [-0.05, 0) is 31.0 Å². The second-order valence-electron chi connectivity index (χ2n) is 5.74. The van der Waals surface area contributed by atoms with Crippen LogP contribution in [0.4, 0.5) is 0 Å². The molecule has 0 amide bonds. The predicted molar refractivity (Wildman–Crippen MR) is 106 cm³/mol. The van der Waals surface area contributed by atoms with Crippen molar-refractivity contribution >= 4 is 33.1 Å². The van der Waals surface area contributed by atoms with E-state index in [9.17, 15) is 8.42 Å². The van der Waals surface area contributed by atoms with Crippen LogP contribution in [0.15, 0.2) is 69.3 Å². The minimum atomic E-state index is -3.59. The normalized spacial score (nSPS) is 12.8. The number of thioether (sulfide) groups is 1. The third kappa shape index (κ3) is 5.14. The monoisotopic (exact) mass is 405 g/mol. The molecule has 0 bridgehead atoms. The Morgan fingerprint density at radius 3 is 2.50 bits per heavy atom. The summed E-state index contributed by atoms with van der Waals surface area (Å²) >= 11 is 3.07. The molecule has 0 saturated carbocycles. The maximum absolute atomic E-state index is 12.8. The van der Waals surface area contributed by atoms with Gasteiger partial charge in [0.05, 0.1) is 4.90 Å². The van der Waals surface area contributed by atoms with E-state index in [1.165, 1.54) is 11.3 Å². The first-order valence-corrected chi connectivity index (χ1v) is 11.4. The molecule has 5 nitrogen and oxygen atoms in total. The molecule has 0 spiro atoms. The van der Waals surface area contributed by atoms with Gasteiger partial charge in [0, 0.05) is 11.8 Å². The Balaban J connectivity index is 1.75. The van der Waals surface area contributed by atoms with Crippen LogP contribution < -0.4 is 4.72 Å². The zero-order valence-electron chi connectivity index (χ0n) is 14.2. The van der Waals surface area contributed by atoms with Crippen LogP contribution in [-0.2, 0) is 10.0 Å². The first-order chi connectivity index (χ1) is 12.5. The number of hydrogen-bond donors (Lipinski definition) is 1. The molecule has 8 heteroatoms. The van der Waals surface area contributed by atoms with E-state index in [0.717, 1.165) is 21.2 Å². The van der Waals surface area contributed by atoms with Crippen molar-refractivity contribution in [1.82, 2.24) is 14.9 Å². The molecular weight excluding hydrogens is 386 g/mol. The van der Waals surface area contributed by atoms with Crippen LogP contribution in [0, 0.1) is 6.92 Å². The van der Waals surface area contributed by atoms with Crippen molar-refractivity contribution in [1.29, 1.82) is 0 Å². The largest absolute Gasteiger partial charge is 0.241 e. The van der Waals surface area contributed by atoms with Gasteiger partial charge in [-0.2, -0.15) is 0 Å². The lowest BCUT2D eigenvalue weighted by molar-refractivity contribution is 0.551. The van der Waals surface area contributed by atoms with E-state index in [1.54, 1.807) is 41.5 Å². The highest BCUT2D eigenvalue weighted by atomic mass is 32.2. The van der Waals surface area contributed by atoms with Gasteiger partial charge in [-0.15, -0.1) is 10.2 Å². The highest BCUT2D eigenvalue weighted by molar-refractivity contribution is 8.00. The SMILES string of the molecule is Cc1ccc(S(=O)(=O)NC(CCSc2nncs2)c2ccccc2)cc1. The van der Waals surface area contributed by atoms with Gasteiger partial charge in [-0.25, -0.2) is 13.1 Å². The van der Waals surface area contributed by atoms with E-state index >= 15 is 0 Å². The fourth-order valence-corrected chi connectivity index (χ4v) is 5.26. The summed E-state index contributed by atoms with van der Waals surface area (Å²) in [5, 5.41) is 7.83. The lowest BCUT2D eigenvalue weighted by Gasteiger charge is -2.19. The molecule has 1 atom stereocenters. The van der Waals surface area contributed by atoms with Crippen molar-refractivity contribution in [2.45, 2.75) is 28.6 Å². The molecule has 1 aromatic heterocycles. The number of sulfonamides is 1. The van der Waals surface area contributed by atoms with Gasteiger partial charge in [0.15, 0.2) is 4.34 Å². The van der Waals surface area contributed by atoms with Crippen molar-refractivity contribution < 1.29 is 8.42 Å². The van der Waals surface area contributed by atoms with E-state index in [-0.39, 0.29) is 10.9 Å². The zero-order valence-corrected chi connectivity index (χ0v) is 16.7. The number of aromatic nitrogens is 2. The minimum absolute atomic E-state index is 0.279. The first-order valence-electron chi connectivity index (χ1n) is 8.07. The Morgan fingerprint density at radius 1 is 1.12 bits per heavy atom. The fourth-order valence-electron chi connectivity index (χ4n) is 2.44. The van der Waals surface area contributed by atoms with Gasteiger partial charge in [-0.3, -0.25) is 0 Å². The Labute approximate surface area is 161 Å². The Bertz CT molecular complexity index is 912. The van der Waals surface area contributed by atoms with E-state index in [2.05, 4.69) is 14.9 Å². The summed E-state index contributed by atoms with van der Waals surface area (Å²) in [4.78, 5) is 0.279. The summed E-state index contributed by atoms with van der Waals surface area (Å²) in [5.74, 6) is 0.741. The van der Waals surface area contributed by atoms with Crippen LogP contribution in [0.5, 0.6) is 0 Å². The summed E-state index contributed by atoms with van der Waals surface area (Å²) in [6.45, 7) is 1.93. The molecule has 3 rings (SSSR count). The lowest BCUT2D eigenvalue weighted by atomic mass is 10.1. The smallest absolute Gasteiger partial charge is 0.207 e. The third-order valence-corrected chi connectivity index (χ3v) is 7.18. The molecule has 26 heavy (non-hydrogen) atoms. The predicted octanol–water partition coefficient (Wildman–Crippen LogP) is 4.05. The number of nitrogens with zero attached hydrogens (tertiary/aromatic N) is 2. The van der Waals surface area contributed by atoms with Crippen molar-refractivity contribution in [3.63, 3.8) is 0 Å². The second kappa shape index (κ2) is 8.77. The summed E-state index contributed by atoms with van der Waals surface area (Å²) in [5.41, 5.74) is 3.66. The topological polar surface area (TPSA) is 72.0 Å². The van der Waals surface area contributed by atoms with Gasteiger partial charge < -0.3 is 0 Å². The Hall–Kier alpha value is -1.74. The van der Waals surface area contributed by atoms with E-state index in [0.29, 0.717) is 6.42 Å². The number of aryl methyl sites for hydroxylation is 1. The van der Waals surface area contributed by atoms with E-state index in [1.807, 2.05) is 37.3 Å². The molecule has 0 fully saturated rings. The Kier molecular flexibility index (Phi) is 6.42. The zero-order chi connectivity index (χ0) is 18.4. The second-order valence-corrected chi connectivity index (χ2v) is 9.63. The van der Waals surface area contributed by atoms with Gasteiger partial charge in [0.2, 0.25) is 10.0 Å². The van der Waals surface area contributed by atoms with Crippen molar-refractivity contribution in [3.8, 4) is 0 Å². The highest BCUT2D eigenvalue weighted by Gasteiger charge is 2.21. The maximum atomic E-state index is 12.8. The van der Waals surface area contributed by atoms with Crippen LogP contribution in [0.1, 0.15) is 23.6 Å². The summed E-state index contributed by atoms with van der Waals surface area (Å²) in [6.07, 6.45) is 0.652. The molecule has 136 valence electrons. The van der Waals surface area contributed by atoms with Gasteiger partial charge in [-0.1, -0.05) is 71.1 Å². The minimum Gasteiger partial charge on any atom is -0.207 e. The molecule has 0 aliphatic carbocycles. The number of rotatable bonds is 8. The lowest BCUT2D eigenvalue weighted by Crippen LogP contribution is -2.29. The molecule has 1 heterocycles. The average molecular weight is 406 g/mol. The Morgan fingerprint density at radius 2 is 1.85 bits per heavy atom. The summed E-state index contributed by atoms with van der Waals surface area (Å²) < 4.78 is 29.3. The molecule has 1 N–H and O–H groups in total. The third-order valence-electron chi connectivity index (χ3n) is 3.80. The molecule has 0 aliphatic rings. The first kappa shape index (κ1) is 19.0. The fraction of sp³-hybridized carbons (Fsp3) is 0.222. The average Bonchev–Trinajstić information content (AvgIpc) is 3.15. The quantitative estimate of drug-likeness (QED) is 0.573. The number of nitrogens with one attached hydrogen (secondary N) is 1. The standard InChI is InChI=1S/C18H19N3O2S3/c1-14-7-9-16(10-8-14)26(22,23)21-17(15-5-3-2-4-6-15)11-12-24-18-20-19-13-25-18/h2-10,13,17,21H,11-12H2,1H3. The van der Waals surface area contributed by atoms with E-state index < -0.39 is 10.0 Å². The summed E-state index contributed by atoms with van der Waals surface area (Å²) in [7, 11) is -3.59. The summed E-state index contributed by atoms with van der Waals surface area (Å²) in [6, 6.07) is 16.2. The van der Waals surface area contributed by atoms with Crippen molar-refractivity contribution in [3.05, 3.63) is 71.2 Å². The molecule has 1 unspecified atom stereocenters. The maximum Gasteiger partial charge on any atom is 0.241 e. The van der Waals surface area contributed by atoms with Crippen LogP contribution in [-0.4, -0.2) is 24.4 Å². The molecular formula is C18H19N3O2S3. The van der Waals surface area contributed by atoms with Crippen LogP contribution in [0.3, 0.4) is 0 Å². The van der Waals surface area contributed by atoms with Crippen LogP contribution in [0.25, 0.3) is 0 Å². The van der Waals surface area contributed by atoms with Crippen molar-refractivity contribution in [2.75, 3.05) is 5.75 Å². The van der Waals surface area contributed by atoms with E-state index in [4.69, 9.17) is 0 Å². The van der Waals surface area contributed by atoms with Gasteiger partial charge >= 0.3 is 0 Å². The number of hydrogen-bond acceptors (Lipinski definition) is 6. The molecule has 3 aromatic rings. The van der Waals surface area contributed by atoms with Gasteiger partial charge in [0.25, 0.3) is 0 Å². The molecule has 2 aromatic carbocycles. The number of benzene rings is 2. The van der Waals surface area contributed by atoms with Crippen LogP contribution in [0.2, 0.25) is 0 Å². The molecule has 0 saturated heterocycles. The van der Waals surface area contributed by atoms with Crippen molar-refractivity contribution in [2.24, 2.45) is 0 Å². The van der Waals surface area contributed by atoms with Crippen LogP contribution >= 0.6 is 23.1 Å². The molecule has 0 aliphatic heterocycles. The van der Waals surface area contributed by atoms with Gasteiger partial charge in [0.1, 0.15) is 5.51 Å². The highest BCUT2D eigenvalue weighted by Crippen LogP contribution is 2.26. The molecule has 0 radical (unpaired) electrons.